The van der Waals surface area contributed by atoms with Gasteiger partial charge in [-0.05, 0) is 24.3 Å². The molecule has 0 fully saturated rings. The smallest absolute Gasteiger partial charge is 0.213 e. The lowest BCUT2D eigenvalue weighted by molar-refractivity contribution is 1.09. The Kier molecular flexibility index (Phi) is 2.62. The van der Waals surface area contributed by atoms with Gasteiger partial charge in [0.05, 0.1) is 10.7 Å². The van der Waals surface area contributed by atoms with Gasteiger partial charge in [-0.15, -0.1) is 0 Å². The first-order chi connectivity index (χ1) is 8.33. The molecule has 4 nitrogen and oxygen atoms in total. The molecule has 0 saturated carbocycles. The highest BCUT2D eigenvalue weighted by Crippen LogP contribution is 2.11. The van der Waals surface area contributed by atoms with Crippen LogP contribution in [0.5, 0.6) is 0 Å². The predicted octanol–water partition coefficient (Wildman–Crippen LogP) is 2.68. The van der Waals surface area contributed by atoms with Gasteiger partial charge in [0.2, 0.25) is 4.80 Å². The molecule has 0 spiro atoms. The first-order valence-corrected chi connectivity index (χ1v) is 6.06. The van der Waals surface area contributed by atoms with Gasteiger partial charge < -0.3 is 0 Å². The van der Waals surface area contributed by atoms with Crippen molar-refractivity contribution in [2.75, 3.05) is 0 Å². The van der Waals surface area contributed by atoms with Gasteiger partial charge in [-0.25, -0.2) is 4.99 Å². The lowest BCUT2D eigenvalue weighted by Gasteiger charge is -1.93. The van der Waals surface area contributed by atoms with Gasteiger partial charge in [-0.2, -0.15) is 4.37 Å². The number of halogens is 1. The maximum atomic E-state index is 5.95. The molecule has 3 aromatic rings. The zero-order chi connectivity index (χ0) is 11.7. The second-order valence-electron chi connectivity index (χ2n) is 3.36. The molecule has 0 aliphatic rings. The van der Waals surface area contributed by atoms with Gasteiger partial charge in [0.1, 0.15) is 0 Å². The van der Waals surface area contributed by atoms with E-state index in [1.54, 1.807) is 18.6 Å². The van der Waals surface area contributed by atoms with Crippen molar-refractivity contribution in [3.05, 3.63) is 52.7 Å². The highest BCUT2D eigenvalue weighted by atomic mass is 35.5. The number of pyridine rings is 2. The fourth-order valence-electron chi connectivity index (χ4n) is 1.43. The summed E-state index contributed by atoms with van der Waals surface area (Å²) in [4.78, 5) is 9.23. The van der Waals surface area contributed by atoms with Crippen LogP contribution in [0.3, 0.4) is 0 Å². The summed E-state index contributed by atoms with van der Waals surface area (Å²) in [5.74, 6) is 0. The van der Waals surface area contributed by atoms with Crippen LogP contribution in [-0.4, -0.2) is 13.8 Å². The van der Waals surface area contributed by atoms with Gasteiger partial charge in [0.25, 0.3) is 0 Å². The second kappa shape index (κ2) is 4.27. The first-order valence-electron chi connectivity index (χ1n) is 4.91. The zero-order valence-electron chi connectivity index (χ0n) is 8.62. The Bertz CT molecular complexity index is 717. The van der Waals surface area contributed by atoms with E-state index in [1.165, 1.54) is 11.5 Å². The molecular formula is C11H7ClN4S. The van der Waals surface area contributed by atoms with Gasteiger partial charge in [0, 0.05) is 30.1 Å². The Balaban J connectivity index is 2.24. The van der Waals surface area contributed by atoms with Crippen LogP contribution in [0.4, 0.5) is 5.69 Å². The molecule has 6 heteroatoms. The highest BCUT2D eigenvalue weighted by molar-refractivity contribution is 7.03. The van der Waals surface area contributed by atoms with Gasteiger partial charge in [0.15, 0.2) is 5.65 Å². The first kappa shape index (κ1) is 10.4. The van der Waals surface area contributed by atoms with E-state index in [9.17, 15) is 0 Å². The fourth-order valence-corrected chi connectivity index (χ4v) is 2.29. The Labute approximate surface area is 106 Å². The second-order valence-corrected chi connectivity index (χ2v) is 4.52. The molecule has 0 atom stereocenters. The summed E-state index contributed by atoms with van der Waals surface area (Å²) in [6, 6.07) is 7.37. The number of hydrogen-bond donors (Lipinski definition) is 0. The van der Waals surface area contributed by atoms with Crippen molar-refractivity contribution >= 4 is 34.5 Å². The SMILES string of the molecule is Clc1ccc2nsc(=Nc3ccncc3)n2c1. The minimum Gasteiger partial charge on any atom is -0.274 e. The van der Waals surface area contributed by atoms with E-state index in [0.717, 1.165) is 16.1 Å². The molecule has 0 bridgehead atoms. The quantitative estimate of drug-likeness (QED) is 0.677. The summed E-state index contributed by atoms with van der Waals surface area (Å²) in [5.41, 5.74) is 1.69. The minimum absolute atomic E-state index is 0.661. The van der Waals surface area contributed by atoms with E-state index >= 15 is 0 Å². The Morgan fingerprint density at radius 1 is 1.18 bits per heavy atom. The molecule has 0 aromatic carbocycles. The molecule has 0 aliphatic heterocycles. The fraction of sp³-hybridized carbons (Fsp3) is 0. The van der Waals surface area contributed by atoms with Gasteiger partial charge in [-0.3, -0.25) is 9.38 Å². The van der Waals surface area contributed by atoms with Crippen LogP contribution in [0.15, 0.2) is 47.8 Å². The molecule has 0 aliphatic carbocycles. The van der Waals surface area contributed by atoms with Crippen molar-refractivity contribution in [3.63, 3.8) is 0 Å². The largest absolute Gasteiger partial charge is 0.274 e. The third-order valence-corrected chi connectivity index (χ3v) is 3.16. The third-order valence-electron chi connectivity index (χ3n) is 2.21. The van der Waals surface area contributed by atoms with Crippen LogP contribution in [0.25, 0.3) is 5.65 Å². The van der Waals surface area contributed by atoms with Crippen molar-refractivity contribution < 1.29 is 0 Å². The van der Waals surface area contributed by atoms with E-state index in [0.29, 0.717) is 5.02 Å². The summed E-state index contributed by atoms with van der Waals surface area (Å²) in [7, 11) is 0. The van der Waals surface area contributed by atoms with Crippen LogP contribution >= 0.6 is 23.1 Å². The average Bonchev–Trinajstić information content (AvgIpc) is 2.73. The van der Waals surface area contributed by atoms with Crippen LogP contribution < -0.4 is 4.80 Å². The van der Waals surface area contributed by atoms with Gasteiger partial charge in [-0.1, -0.05) is 11.6 Å². The van der Waals surface area contributed by atoms with E-state index in [2.05, 4.69) is 14.3 Å². The number of fused-ring (bicyclic) bond motifs is 1. The monoisotopic (exact) mass is 262 g/mol. The molecule has 0 unspecified atom stereocenters. The molecule has 17 heavy (non-hydrogen) atoms. The van der Waals surface area contributed by atoms with Crippen LogP contribution in [0.1, 0.15) is 0 Å². The van der Waals surface area contributed by atoms with Gasteiger partial charge >= 0.3 is 0 Å². The Morgan fingerprint density at radius 3 is 2.82 bits per heavy atom. The summed E-state index contributed by atoms with van der Waals surface area (Å²) >= 11 is 7.29. The Hall–Kier alpha value is -1.72. The summed E-state index contributed by atoms with van der Waals surface area (Å²) < 4.78 is 6.16. The molecule has 0 saturated heterocycles. The highest BCUT2D eigenvalue weighted by Gasteiger charge is 1.99. The number of hydrogen-bond acceptors (Lipinski definition) is 4. The zero-order valence-corrected chi connectivity index (χ0v) is 10.2. The van der Waals surface area contributed by atoms with E-state index in [-0.39, 0.29) is 0 Å². The lowest BCUT2D eigenvalue weighted by Crippen LogP contribution is -2.05. The van der Waals surface area contributed by atoms with Crippen molar-refractivity contribution in [1.29, 1.82) is 0 Å². The molecule has 0 amide bonds. The number of nitrogens with zero attached hydrogens (tertiary/aromatic N) is 4. The molecule has 3 rings (SSSR count). The maximum Gasteiger partial charge on any atom is 0.213 e. The standard InChI is InChI=1S/C11H7ClN4S/c12-8-1-2-10-15-17-11(16(10)7-8)14-9-3-5-13-6-4-9/h1-7H. The van der Waals surface area contributed by atoms with Crippen LogP contribution in [0, 0.1) is 0 Å². The van der Waals surface area contributed by atoms with E-state index < -0.39 is 0 Å². The van der Waals surface area contributed by atoms with Crippen molar-refractivity contribution in [1.82, 2.24) is 13.8 Å². The molecule has 84 valence electrons. The van der Waals surface area contributed by atoms with Crippen LogP contribution in [-0.2, 0) is 0 Å². The normalized spacial score (nSPS) is 12.2. The number of aromatic nitrogens is 3. The third kappa shape index (κ3) is 2.07. The van der Waals surface area contributed by atoms with Crippen molar-refractivity contribution in [2.45, 2.75) is 0 Å². The topological polar surface area (TPSA) is 42.5 Å². The van der Waals surface area contributed by atoms with Crippen LogP contribution in [0.2, 0.25) is 5.02 Å². The average molecular weight is 263 g/mol. The van der Waals surface area contributed by atoms with Crippen molar-refractivity contribution in [2.24, 2.45) is 4.99 Å². The summed E-state index contributed by atoms with van der Waals surface area (Å²) in [6.45, 7) is 0. The Morgan fingerprint density at radius 2 is 2.00 bits per heavy atom. The molecule has 3 aromatic heterocycles. The van der Waals surface area contributed by atoms with Crippen molar-refractivity contribution in [3.8, 4) is 0 Å². The minimum atomic E-state index is 0.661. The maximum absolute atomic E-state index is 5.95. The number of rotatable bonds is 1. The molecule has 3 heterocycles. The molecular weight excluding hydrogens is 256 g/mol. The van der Waals surface area contributed by atoms with E-state index in [1.807, 2.05) is 28.7 Å². The van der Waals surface area contributed by atoms with E-state index in [4.69, 9.17) is 11.6 Å². The molecule has 0 N–H and O–H groups in total. The predicted molar refractivity (Wildman–Crippen MR) is 67.5 cm³/mol. The molecule has 0 radical (unpaired) electrons. The lowest BCUT2D eigenvalue weighted by atomic mass is 10.4. The summed E-state index contributed by atoms with van der Waals surface area (Å²) in [6.07, 6.45) is 5.22. The summed E-state index contributed by atoms with van der Waals surface area (Å²) in [5, 5.41) is 0.661.